The van der Waals surface area contributed by atoms with Crippen molar-refractivity contribution in [1.29, 1.82) is 0 Å². The number of carbonyl (C=O) groups is 1. The second-order valence-corrected chi connectivity index (χ2v) is 3.83. The Morgan fingerprint density at radius 3 is 2.43 bits per heavy atom. The van der Waals surface area contributed by atoms with Gasteiger partial charge < -0.3 is 14.6 Å². The van der Waals surface area contributed by atoms with E-state index in [1.165, 1.54) is 0 Å². The van der Waals surface area contributed by atoms with Crippen LogP contribution >= 0.6 is 0 Å². The van der Waals surface area contributed by atoms with Crippen molar-refractivity contribution >= 4 is 5.97 Å². The highest BCUT2D eigenvalue weighted by atomic mass is 16.5. The minimum absolute atomic E-state index is 0.0538. The molecule has 1 rings (SSSR count). The lowest BCUT2D eigenvalue weighted by Gasteiger charge is -2.33. The first-order valence-corrected chi connectivity index (χ1v) is 4.94. The molecular formula is C10H18O4. The fraction of sp³-hybridized carbons (Fsp3) is 0.900. The van der Waals surface area contributed by atoms with Crippen molar-refractivity contribution in [2.24, 2.45) is 5.92 Å². The lowest BCUT2D eigenvalue weighted by Crippen LogP contribution is -2.37. The van der Waals surface area contributed by atoms with Gasteiger partial charge in [-0.15, -0.1) is 0 Å². The SMILES string of the molecule is COC1CCC(CC(=O)O)CC1OC. The smallest absolute Gasteiger partial charge is 0.303 e. The highest BCUT2D eigenvalue weighted by molar-refractivity contribution is 5.67. The van der Waals surface area contributed by atoms with Gasteiger partial charge in [0.2, 0.25) is 0 Å². The molecule has 0 amide bonds. The van der Waals surface area contributed by atoms with Gasteiger partial charge in [-0.3, -0.25) is 4.79 Å². The summed E-state index contributed by atoms with van der Waals surface area (Å²) in [4.78, 5) is 10.5. The van der Waals surface area contributed by atoms with E-state index < -0.39 is 5.97 Å². The zero-order chi connectivity index (χ0) is 10.6. The van der Waals surface area contributed by atoms with Gasteiger partial charge in [0.05, 0.1) is 12.2 Å². The van der Waals surface area contributed by atoms with Gasteiger partial charge in [0.1, 0.15) is 0 Å². The highest BCUT2D eigenvalue weighted by Gasteiger charge is 2.31. The predicted octanol–water partition coefficient (Wildman–Crippen LogP) is 1.29. The third-order valence-electron chi connectivity index (χ3n) is 2.91. The zero-order valence-electron chi connectivity index (χ0n) is 8.73. The molecule has 0 saturated heterocycles. The van der Waals surface area contributed by atoms with Crippen LogP contribution in [0.15, 0.2) is 0 Å². The molecule has 0 aromatic heterocycles. The number of hydrogen-bond donors (Lipinski definition) is 1. The number of carboxylic acid groups (broad SMARTS) is 1. The summed E-state index contributed by atoms with van der Waals surface area (Å²) >= 11 is 0. The average Bonchev–Trinajstić information content (AvgIpc) is 2.16. The number of ether oxygens (including phenoxy) is 2. The maximum absolute atomic E-state index is 10.5. The van der Waals surface area contributed by atoms with E-state index in [4.69, 9.17) is 14.6 Å². The molecule has 3 unspecified atom stereocenters. The fourth-order valence-electron chi connectivity index (χ4n) is 2.13. The van der Waals surface area contributed by atoms with Crippen LogP contribution in [-0.2, 0) is 14.3 Å². The molecule has 1 saturated carbocycles. The lowest BCUT2D eigenvalue weighted by molar-refractivity contribution is -0.139. The minimum atomic E-state index is -0.722. The molecule has 0 spiro atoms. The number of aliphatic carboxylic acids is 1. The molecule has 0 aliphatic heterocycles. The number of rotatable bonds is 4. The van der Waals surface area contributed by atoms with Crippen LogP contribution in [0.2, 0.25) is 0 Å². The van der Waals surface area contributed by atoms with Gasteiger partial charge in [0.25, 0.3) is 0 Å². The summed E-state index contributed by atoms with van der Waals surface area (Å²) < 4.78 is 10.6. The molecule has 1 fully saturated rings. The van der Waals surface area contributed by atoms with Gasteiger partial charge in [-0.2, -0.15) is 0 Å². The van der Waals surface area contributed by atoms with Crippen molar-refractivity contribution in [3.05, 3.63) is 0 Å². The summed E-state index contributed by atoms with van der Waals surface area (Å²) in [5.74, 6) is -0.482. The minimum Gasteiger partial charge on any atom is -0.481 e. The topological polar surface area (TPSA) is 55.8 Å². The fourth-order valence-corrected chi connectivity index (χ4v) is 2.13. The van der Waals surface area contributed by atoms with E-state index in [0.717, 1.165) is 19.3 Å². The second-order valence-electron chi connectivity index (χ2n) is 3.83. The molecule has 0 aromatic rings. The van der Waals surface area contributed by atoms with Crippen LogP contribution in [0.25, 0.3) is 0 Å². The number of methoxy groups -OCH3 is 2. The maximum Gasteiger partial charge on any atom is 0.303 e. The van der Waals surface area contributed by atoms with Gasteiger partial charge in [-0.1, -0.05) is 0 Å². The predicted molar refractivity (Wildman–Crippen MR) is 51.2 cm³/mol. The zero-order valence-corrected chi connectivity index (χ0v) is 8.73. The van der Waals surface area contributed by atoms with Gasteiger partial charge >= 0.3 is 5.97 Å². The quantitative estimate of drug-likeness (QED) is 0.746. The third-order valence-corrected chi connectivity index (χ3v) is 2.91. The van der Waals surface area contributed by atoms with Crippen molar-refractivity contribution in [2.75, 3.05) is 14.2 Å². The highest BCUT2D eigenvalue weighted by Crippen LogP contribution is 2.30. The van der Waals surface area contributed by atoms with Crippen LogP contribution in [0.4, 0.5) is 0 Å². The molecule has 0 bridgehead atoms. The van der Waals surface area contributed by atoms with Crippen LogP contribution in [-0.4, -0.2) is 37.5 Å². The summed E-state index contributed by atoms with van der Waals surface area (Å²) in [7, 11) is 3.33. The molecule has 0 radical (unpaired) electrons. The van der Waals surface area contributed by atoms with E-state index in [2.05, 4.69) is 0 Å². The molecule has 1 N–H and O–H groups in total. The Labute approximate surface area is 84.2 Å². The van der Waals surface area contributed by atoms with Crippen molar-refractivity contribution in [3.63, 3.8) is 0 Å². The van der Waals surface area contributed by atoms with E-state index in [1.54, 1.807) is 14.2 Å². The van der Waals surface area contributed by atoms with E-state index in [1.807, 2.05) is 0 Å². The molecular weight excluding hydrogens is 184 g/mol. The Morgan fingerprint density at radius 1 is 1.29 bits per heavy atom. The Kier molecular flexibility index (Phi) is 4.35. The average molecular weight is 202 g/mol. The number of carboxylic acids is 1. The van der Waals surface area contributed by atoms with E-state index >= 15 is 0 Å². The molecule has 4 heteroatoms. The summed E-state index contributed by atoms with van der Waals surface area (Å²) in [6, 6.07) is 0. The Balaban J connectivity index is 2.43. The van der Waals surface area contributed by atoms with Crippen molar-refractivity contribution in [1.82, 2.24) is 0 Å². The van der Waals surface area contributed by atoms with Gasteiger partial charge in [-0.25, -0.2) is 0 Å². The van der Waals surface area contributed by atoms with Crippen LogP contribution in [0.5, 0.6) is 0 Å². The first-order chi connectivity index (χ1) is 6.67. The van der Waals surface area contributed by atoms with Gasteiger partial charge in [-0.05, 0) is 25.2 Å². The summed E-state index contributed by atoms with van der Waals surface area (Å²) in [5, 5.41) is 8.68. The van der Waals surface area contributed by atoms with Crippen molar-refractivity contribution < 1.29 is 19.4 Å². The van der Waals surface area contributed by atoms with Gasteiger partial charge in [0, 0.05) is 20.6 Å². The van der Waals surface area contributed by atoms with Crippen molar-refractivity contribution in [3.8, 4) is 0 Å². The third kappa shape index (κ3) is 2.96. The van der Waals surface area contributed by atoms with E-state index in [9.17, 15) is 4.79 Å². The lowest BCUT2D eigenvalue weighted by atomic mass is 9.83. The standard InChI is InChI=1S/C10H18O4/c1-13-8-4-3-7(6-10(11)12)5-9(8)14-2/h7-9H,3-6H2,1-2H3,(H,11,12). The largest absolute Gasteiger partial charge is 0.481 e. The molecule has 4 nitrogen and oxygen atoms in total. The van der Waals surface area contributed by atoms with Crippen LogP contribution in [0, 0.1) is 5.92 Å². The molecule has 1 aliphatic carbocycles. The summed E-state index contributed by atoms with van der Waals surface area (Å²) in [6.45, 7) is 0. The molecule has 0 heterocycles. The van der Waals surface area contributed by atoms with Crippen LogP contribution in [0.3, 0.4) is 0 Å². The first-order valence-electron chi connectivity index (χ1n) is 4.94. The monoisotopic (exact) mass is 202 g/mol. The molecule has 3 atom stereocenters. The Morgan fingerprint density at radius 2 is 1.93 bits per heavy atom. The van der Waals surface area contributed by atoms with Crippen molar-refractivity contribution in [2.45, 2.75) is 37.9 Å². The Hall–Kier alpha value is -0.610. The van der Waals surface area contributed by atoms with Crippen LogP contribution < -0.4 is 0 Å². The molecule has 14 heavy (non-hydrogen) atoms. The second kappa shape index (κ2) is 5.32. The molecule has 0 aromatic carbocycles. The van der Waals surface area contributed by atoms with E-state index in [-0.39, 0.29) is 24.5 Å². The molecule has 1 aliphatic rings. The molecule has 82 valence electrons. The Bertz CT molecular complexity index is 193. The summed E-state index contributed by atoms with van der Waals surface area (Å²) in [5.41, 5.74) is 0. The summed E-state index contributed by atoms with van der Waals surface area (Å²) in [6.07, 6.45) is 3.04. The number of hydrogen-bond acceptors (Lipinski definition) is 3. The first kappa shape index (κ1) is 11.5. The maximum atomic E-state index is 10.5. The van der Waals surface area contributed by atoms with E-state index in [0.29, 0.717) is 0 Å². The van der Waals surface area contributed by atoms with Crippen LogP contribution in [0.1, 0.15) is 25.7 Å². The van der Waals surface area contributed by atoms with Gasteiger partial charge in [0.15, 0.2) is 0 Å². The normalized spacial score (nSPS) is 32.9.